The Kier molecular flexibility index (Phi) is 6.50. The maximum atomic E-state index is 12.9. The topological polar surface area (TPSA) is 63.7 Å². The fraction of sp³-hybridized carbons (Fsp3) is 0.550. The standard InChI is InChI=1S/C20H27ClN4O2/c1-14(2)25(19(26)13-24-10-8-15(3)9-11-24)12-18-22-23-20(27-18)16-6-4-5-7-17(16)21/h4-7,14-15H,8-13H2,1-3H3/p+1. The Morgan fingerprint density at radius 1 is 1.30 bits per heavy atom. The van der Waals surface area contributed by atoms with Crippen LogP contribution in [0, 0.1) is 5.92 Å². The Balaban J connectivity index is 1.66. The van der Waals surface area contributed by atoms with E-state index in [0.29, 0.717) is 35.5 Å². The Morgan fingerprint density at radius 2 is 2.00 bits per heavy atom. The molecule has 1 saturated heterocycles. The van der Waals surface area contributed by atoms with Gasteiger partial charge in [-0.05, 0) is 44.7 Å². The third-order valence-corrected chi connectivity index (χ3v) is 5.53. The molecule has 146 valence electrons. The van der Waals surface area contributed by atoms with E-state index in [1.165, 1.54) is 17.7 Å². The first-order valence-electron chi connectivity index (χ1n) is 9.64. The van der Waals surface area contributed by atoms with Crippen molar-refractivity contribution in [1.82, 2.24) is 15.1 Å². The molecule has 0 spiro atoms. The average molecular weight is 392 g/mol. The lowest BCUT2D eigenvalue weighted by molar-refractivity contribution is -0.898. The SMILES string of the molecule is CC1CC[NH+](CC(=O)N(Cc2nnc(-c3ccccc3Cl)o2)C(C)C)CC1. The van der Waals surface area contributed by atoms with Gasteiger partial charge >= 0.3 is 0 Å². The molecule has 7 heteroatoms. The highest BCUT2D eigenvalue weighted by molar-refractivity contribution is 6.33. The number of nitrogens with one attached hydrogen (secondary N) is 1. The maximum Gasteiger partial charge on any atom is 0.278 e. The van der Waals surface area contributed by atoms with Gasteiger partial charge in [-0.2, -0.15) is 0 Å². The highest BCUT2D eigenvalue weighted by Gasteiger charge is 2.27. The van der Waals surface area contributed by atoms with E-state index in [1.54, 1.807) is 6.07 Å². The molecule has 1 fully saturated rings. The monoisotopic (exact) mass is 391 g/mol. The first-order chi connectivity index (χ1) is 12.9. The van der Waals surface area contributed by atoms with E-state index in [1.807, 2.05) is 36.9 Å². The Hall–Kier alpha value is -1.92. The van der Waals surface area contributed by atoms with Gasteiger partial charge in [-0.1, -0.05) is 30.7 Å². The summed E-state index contributed by atoms with van der Waals surface area (Å²) in [7, 11) is 0. The number of likely N-dealkylation sites (tertiary alicyclic amines) is 1. The lowest BCUT2D eigenvalue weighted by Crippen LogP contribution is -3.14. The van der Waals surface area contributed by atoms with Crippen LogP contribution in [-0.2, 0) is 11.3 Å². The fourth-order valence-corrected chi connectivity index (χ4v) is 3.64. The van der Waals surface area contributed by atoms with Crippen molar-refractivity contribution in [2.75, 3.05) is 19.6 Å². The van der Waals surface area contributed by atoms with Crippen LogP contribution < -0.4 is 4.90 Å². The van der Waals surface area contributed by atoms with Crippen LogP contribution >= 0.6 is 11.6 Å². The summed E-state index contributed by atoms with van der Waals surface area (Å²) in [6.45, 7) is 9.28. The van der Waals surface area contributed by atoms with Gasteiger partial charge in [-0.25, -0.2) is 0 Å². The molecule has 0 radical (unpaired) electrons. The molecule has 1 aliphatic rings. The molecule has 3 rings (SSSR count). The minimum Gasteiger partial charge on any atom is -0.419 e. The second kappa shape index (κ2) is 8.85. The van der Waals surface area contributed by atoms with Crippen molar-refractivity contribution in [3.8, 4) is 11.5 Å². The first kappa shape index (κ1) is 19.8. The largest absolute Gasteiger partial charge is 0.419 e. The summed E-state index contributed by atoms with van der Waals surface area (Å²) in [6, 6.07) is 7.42. The molecule has 2 heterocycles. The van der Waals surface area contributed by atoms with Crippen LogP contribution in [0.2, 0.25) is 5.02 Å². The number of quaternary nitrogens is 1. The molecule has 1 amide bonds. The van der Waals surface area contributed by atoms with Crippen molar-refractivity contribution in [3.63, 3.8) is 0 Å². The van der Waals surface area contributed by atoms with Crippen LogP contribution in [0.1, 0.15) is 39.5 Å². The Bertz CT molecular complexity index is 769. The minimum absolute atomic E-state index is 0.0660. The zero-order valence-corrected chi connectivity index (χ0v) is 17.0. The minimum atomic E-state index is 0.0660. The van der Waals surface area contributed by atoms with Crippen molar-refractivity contribution >= 4 is 17.5 Å². The number of carbonyl (C=O) groups is 1. The van der Waals surface area contributed by atoms with Crippen LogP contribution in [0.25, 0.3) is 11.5 Å². The van der Waals surface area contributed by atoms with E-state index < -0.39 is 0 Å². The summed E-state index contributed by atoms with van der Waals surface area (Å²) < 4.78 is 5.78. The van der Waals surface area contributed by atoms with Crippen molar-refractivity contribution < 1.29 is 14.1 Å². The van der Waals surface area contributed by atoms with E-state index in [2.05, 4.69) is 17.1 Å². The summed E-state index contributed by atoms with van der Waals surface area (Å²) in [5, 5.41) is 8.78. The van der Waals surface area contributed by atoms with Crippen molar-refractivity contribution in [2.45, 2.75) is 46.2 Å². The van der Waals surface area contributed by atoms with Gasteiger partial charge < -0.3 is 14.2 Å². The highest BCUT2D eigenvalue weighted by Crippen LogP contribution is 2.26. The zero-order valence-electron chi connectivity index (χ0n) is 16.2. The summed E-state index contributed by atoms with van der Waals surface area (Å²) in [5.74, 6) is 1.70. The van der Waals surface area contributed by atoms with Crippen LogP contribution in [0.3, 0.4) is 0 Å². The second-order valence-electron chi connectivity index (χ2n) is 7.71. The number of hydrogen-bond acceptors (Lipinski definition) is 4. The van der Waals surface area contributed by atoms with Crippen LogP contribution in [0.4, 0.5) is 0 Å². The lowest BCUT2D eigenvalue weighted by atomic mass is 9.99. The Morgan fingerprint density at radius 3 is 2.67 bits per heavy atom. The number of aromatic nitrogens is 2. The van der Waals surface area contributed by atoms with Crippen molar-refractivity contribution in [3.05, 3.63) is 35.2 Å². The smallest absolute Gasteiger partial charge is 0.278 e. The first-order valence-corrected chi connectivity index (χ1v) is 10.0. The average Bonchev–Trinajstić information content (AvgIpc) is 3.10. The van der Waals surface area contributed by atoms with Gasteiger partial charge in [-0.15, -0.1) is 10.2 Å². The number of nitrogens with zero attached hydrogens (tertiary/aromatic N) is 3. The number of amides is 1. The number of piperidine rings is 1. The molecule has 0 atom stereocenters. The lowest BCUT2D eigenvalue weighted by Gasteiger charge is -2.30. The molecule has 2 aromatic rings. The van der Waals surface area contributed by atoms with E-state index in [4.69, 9.17) is 16.0 Å². The van der Waals surface area contributed by atoms with E-state index >= 15 is 0 Å². The summed E-state index contributed by atoms with van der Waals surface area (Å²) in [6.07, 6.45) is 2.38. The second-order valence-corrected chi connectivity index (χ2v) is 8.11. The van der Waals surface area contributed by atoms with E-state index in [0.717, 1.165) is 19.0 Å². The summed E-state index contributed by atoms with van der Waals surface area (Å²) in [5.41, 5.74) is 0.701. The molecule has 0 saturated carbocycles. The predicted octanol–water partition coefficient (Wildman–Crippen LogP) is 2.44. The molecule has 1 aromatic heterocycles. The van der Waals surface area contributed by atoms with Gasteiger partial charge in [0.1, 0.15) is 0 Å². The van der Waals surface area contributed by atoms with E-state index in [-0.39, 0.29) is 11.9 Å². The van der Waals surface area contributed by atoms with Crippen LogP contribution in [-0.4, -0.2) is 46.7 Å². The number of rotatable bonds is 6. The third-order valence-electron chi connectivity index (χ3n) is 5.20. The van der Waals surface area contributed by atoms with Gasteiger partial charge in [0.2, 0.25) is 11.8 Å². The zero-order chi connectivity index (χ0) is 19.4. The van der Waals surface area contributed by atoms with Crippen molar-refractivity contribution in [2.24, 2.45) is 5.92 Å². The Labute approximate surface area is 165 Å². The highest BCUT2D eigenvalue weighted by atomic mass is 35.5. The maximum absolute atomic E-state index is 12.9. The molecule has 1 aliphatic heterocycles. The molecule has 27 heavy (non-hydrogen) atoms. The fourth-order valence-electron chi connectivity index (χ4n) is 3.43. The molecule has 1 aromatic carbocycles. The number of benzene rings is 1. The van der Waals surface area contributed by atoms with Gasteiger partial charge in [0.15, 0.2) is 6.54 Å². The van der Waals surface area contributed by atoms with Gasteiger partial charge in [0, 0.05) is 6.04 Å². The van der Waals surface area contributed by atoms with Gasteiger partial charge in [-0.3, -0.25) is 4.79 Å². The van der Waals surface area contributed by atoms with Crippen molar-refractivity contribution in [1.29, 1.82) is 0 Å². The predicted molar refractivity (Wildman–Crippen MR) is 104 cm³/mol. The quantitative estimate of drug-likeness (QED) is 0.821. The van der Waals surface area contributed by atoms with Gasteiger partial charge in [0.05, 0.1) is 30.2 Å². The van der Waals surface area contributed by atoms with Gasteiger partial charge in [0.25, 0.3) is 5.91 Å². The molecule has 0 aliphatic carbocycles. The molecule has 6 nitrogen and oxygen atoms in total. The summed E-state index contributed by atoms with van der Waals surface area (Å²) in [4.78, 5) is 16.0. The summed E-state index contributed by atoms with van der Waals surface area (Å²) >= 11 is 6.20. The molecular weight excluding hydrogens is 364 g/mol. The number of halogens is 1. The number of hydrogen-bond donors (Lipinski definition) is 1. The molecule has 0 bridgehead atoms. The molecular formula is C20H28ClN4O2+. The van der Waals surface area contributed by atoms with Crippen LogP contribution in [0.15, 0.2) is 28.7 Å². The third kappa shape index (κ3) is 5.08. The molecule has 0 unspecified atom stereocenters. The number of carbonyl (C=O) groups excluding carboxylic acids is 1. The molecule has 1 N–H and O–H groups in total. The van der Waals surface area contributed by atoms with Crippen LogP contribution in [0.5, 0.6) is 0 Å². The van der Waals surface area contributed by atoms with E-state index in [9.17, 15) is 4.79 Å². The normalized spacial score (nSPS) is 20.0.